The summed E-state index contributed by atoms with van der Waals surface area (Å²) in [5.41, 5.74) is 0.233. The molecule has 3 fully saturated rings. The molecule has 2 aliphatic carbocycles. The van der Waals surface area contributed by atoms with Crippen LogP contribution in [0.4, 0.5) is 0 Å². The monoisotopic (exact) mass is 265 g/mol. The van der Waals surface area contributed by atoms with Crippen LogP contribution in [0.25, 0.3) is 0 Å². The lowest BCUT2D eigenvalue weighted by Crippen LogP contribution is -2.50. The second-order valence-corrected chi connectivity index (χ2v) is 7.71. The number of piperidine rings is 1. The van der Waals surface area contributed by atoms with E-state index in [2.05, 4.69) is 11.8 Å². The van der Waals surface area contributed by atoms with Crippen molar-refractivity contribution in [3.63, 3.8) is 0 Å². The van der Waals surface area contributed by atoms with E-state index in [-0.39, 0.29) is 5.41 Å². The van der Waals surface area contributed by atoms with Crippen molar-refractivity contribution in [1.82, 2.24) is 4.90 Å². The standard InChI is InChI=1S/C17H31NO/c1-14-7-9-17(13-19,10-8-14)12-18-11-3-5-15-4-2-6-16(15)18/h14-16,19H,2-13H2,1H3. The molecule has 2 saturated carbocycles. The smallest absolute Gasteiger partial charge is 0.0499 e. The van der Waals surface area contributed by atoms with Crippen LogP contribution in [-0.4, -0.2) is 35.7 Å². The van der Waals surface area contributed by atoms with Gasteiger partial charge < -0.3 is 5.11 Å². The molecule has 0 aromatic rings. The van der Waals surface area contributed by atoms with E-state index in [4.69, 9.17) is 0 Å². The molecule has 2 nitrogen and oxygen atoms in total. The van der Waals surface area contributed by atoms with Gasteiger partial charge in [0.15, 0.2) is 0 Å². The van der Waals surface area contributed by atoms with Crippen LogP contribution < -0.4 is 0 Å². The first-order valence-corrected chi connectivity index (χ1v) is 8.57. The van der Waals surface area contributed by atoms with Crippen LogP contribution in [-0.2, 0) is 0 Å². The zero-order chi connectivity index (χ0) is 13.3. The van der Waals surface area contributed by atoms with E-state index in [0.29, 0.717) is 6.61 Å². The lowest BCUT2D eigenvalue weighted by atomic mass is 9.70. The molecule has 2 heteroatoms. The number of aliphatic hydroxyl groups is 1. The summed E-state index contributed by atoms with van der Waals surface area (Å²) in [7, 11) is 0. The molecule has 0 bridgehead atoms. The van der Waals surface area contributed by atoms with E-state index in [1.807, 2.05) is 0 Å². The van der Waals surface area contributed by atoms with Crippen molar-refractivity contribution in [1.29, 1.82) is 0 Å². The highest BCUT2D eigenvalue weighted by Crippen LogP contribution is 2.43. The third-order valence-electron chi connectivity index (χ3n) is 6.32. The summed E-state index contributed by atoms with van der Waals surface area (Å²) < 4.78 is 0. The van der Waals surface area contributed by atoms with E-state index < -0.39 is 0 Å². The van der Waals surface area contributed by atoms with Crippen molar-refractivity contribution >= 4 is 0 Å². The molecule has 2 unspecified atom stereocenters. The number of fused-ring (bicyclic) bond motifs is 1. The Balaban J connectivity index is 1.65. The Labute approximate surface area is 118 Å². The molecule has 0 amide bonds. The second kappa shape index (κ2) is 5.73. The van der Waals surface area contributed by atoms with Gasteiger partial charge in [0.25, 0.3) is 0 Å². The zero-order valence-corrected chi connectivity index (χ0v) is 12.6. The Morgan fingerprint density at radius 2 is 1.79 bits per heavy atom. The molecule has 0 aromatic carbocycles. The molecular formula is C17H31NO. The van der Waals surface area contributed by atoms with Crippen molar-refractivity contribution < 1.29 is 5.11 Å². The average molecular weight is 265 g/mol. The minimum atomic E-state index is 0.233. The van der Waals surface area contributed by atoms with Crippen LogP contribution >= 0.6 is 0 Å². The summed E-state index contributed by atoms with van der Waals surface area (Å²) in [6, 6.07) is 0.858. The molecule has 1 aliphatic heterocycles. The van der Waals surface area contributed by atoms with E-state index in [9.17, 15) is 5.11 Å². The van der Waals surface area contributed by atoms with Gasteiger partial charge in [0.05, 0.1) is 0 Å². The SMILES string of the molecule is CC1CCC(CO)(CN2CCCC3CCCC32)CC1. The molecule has 0 radical (unpaired) electrons. The highest BCUT2D eigenvalue weighted by molar-refractivity contribution is 4.94. The average Bonchev–Trinajstić information content (AvgIpc) is 2.91. The summed E-state index contributed by atoms with van der Waals surface area (Å²) in [5.74, 6) is 1.85. The van der Waals surface area contributed by atoms with E-state index in [1.54, 1.807) is 0 Å². The number of hydrogen-bond donors (Lipinski definition) is 1. The Bertz CT molecular complexity index is 296. The van der Waals surface area contributed by atoms with Gasteiger partial charge >= 0.3 is 0 Å². The topological polar surface area (TPSA) is 23.5 Å². The Kier molecular flexibility index (Phi) is 4.19. The van der Waals surface area contributed by atoms with Crippen LogP contribution in [0.1, 0.15) is 64.7 Å². The molecule has 0 aromatic heterocycles. The molecule has 3 aliphatic rings. The summed E-state index contributed by atoms with van der Waals surface area (Å²) >= 11 is 0. The first-order valence-electron chi connectivity index (χ1n) is 8.57. The van der Waals surface area contributed by atoms with Gasteiger partial charge in [0.2, 0.25) is 0 Å². The molecule has 3 rings (SSSR count). The molecule has 110 valence electrons. The van der Waals surface area contributed by atoms with Crippen LogP contribution in [0.2, 0.25) is 0 Å². The van der Waals surface area contributed by atoms with Gasteiger partial charge in [-0.25, -0.2) is 0 Å². The van der Waals surface area contributed by atoms with Crippen LogP contribution in [0, 0.1) is 17.3 Å². The predicted octanol–water partition coefficient (Wildman–Crippen LogP) is 3.44. The number of likely N-dealkylation sites (tertiary alicyclic amines) is 1. The van der Waals surface area contributed by atoms with Gasteiger partial charge in [0, 0.05) is 24.6 Å². The molecular weight excluding hydrogens is 234 g/mol. The fourth-order valence-corrected chi connectivity index (χ4v) is 4.92. The summed E-state index contributed by atoms with van der Waals surface area (Å²) in [6.45, 7) is 5.25. The predicted molar refractivity (Wildman–Crippen MR) is 79.1 cm³/mol. The van der Waals surface area contributed by atoms with E-state index in [1.165, 1.54) is 70.9 Å². The first-order chi connectivity index (χ1) is 9.22. The summed E-state index contributed by atoms with van der Waals surface area (Å²) in [4.78, 5) is 2.77. The maximum atomic E-state index is 9.97. The largest absolute Gasteiger partial charge is 0.396 e. The van der Waals surface area contributed by atoms with Crippen molar-refractivity contribution in [2.75, 3.05) is 19.7 Å². The lowest BCUT2D eigenvalue weighted by molar-refractivity contribution is -0.00260. The Morgan fingerprint density at radius 1 is 1.05 bits per heavy atom. The fraction of sp³-hybridized carbons (Fsp3) is 1.00. The summed E-state index contributed by atoms with van der Waals surface area (Å²) in [6.07, 6.45) is 12.3. The quantitative estimate of drug-likeness (QED) is 0.845. The normalized spacial score (nSPS) is 44.2. The van der Waals surface area contributed by atoms with Gasteiger partial charge in [0.1, 0.15) is 0 Å². The minimum absolute atomic E-state index is 0.233. The lowest BCUT2D eigenvalue weighted by Gasteiger charge is -2.46. The van der Waals surface area contributed by atoms with E-state index in [0.717, 1.165) is 17.9 Å². The fourth-order valence-electron chi connectivity index (χ4n) is 4.92. The van der Waals surface area contributed by atoms with Gasteiger partial charge in [-0.05, 0) is 56.9 Å². The third kappa shape index (κ3) is 2.85. The molecule has 0 spiro atoms. The van der Waals surface area contributed by atoms with Crippen molar-refractivity contribution in [3.05, 3.63) is 0 Å². The molecule has 19 heavy (non-hydrogen) atoms. The molecule has 2 atom stereocenters. The van der Waals surface area contributed by atoms with Crippen LogP contribution in [0.5, 0.6) is 0 Å². The number of hydrogen-bond acceptors (Lipinski definition) is 2. The number of rotatable bonds is 3. The zero-order valence-electron chi connectivity index (χ0n) is 12.6. The highest BCUT2D eigenvalue weighted by Gasteiger charge is 2.41. The number of nitrogens with zero attached hydrogens (tertiary/aromatic N) is 1. The van der Waals surface area contributed by atoms with Crippen molar-refractivity contribution in [3.8, 4) is 0 Å². The highest BCUT2D eigenvalue weighted by atomic mass is 16.3. The Morgan fingerprint density at radius 3 is 2.53 bits per heavy atom. The Hall–Kier alpha value is -0.0800. The maximum Gasteiger partial charge on any atom is 0.0499 e. The first kappa shape index (κ1) is 13.9. The maximum absolute atomic E-state index is 9.97. The number of aliphatic hydroxyl groups excluding tert-OH is 1. The third-order valence-corrected chi connectivity index (χ3v) is 6.32. The minimum Gasteiger partial charge on any atom is -0.396 e. The van der Waals surface area contributed by atoms with Gasteiger partial charge in [-0.3, -0.25) is 4.90 Å². The van der Waals surface area contributed by atoms with Crippen molar-refractivity contribution in [2.24, 2.45) is 17.3 Å². The van der Waals surface area contributed by atoms with Gasteiger partial charge in [-0.1, -0.05) is 26.2 Å². The van der Waals surface area contributed by atoms with E-state index >= 15 is 0 Å². The molecule has 1 N–H and O–H groups in total. The van der Waals surface area contributed by atoms with Crippen LogP contribution in [0.3, 0.4) is 0 Å². The second-order valence-electron chi connectivity index (χ2n) is 7.71. The summed E-state index contributed by atoms with van der Waals surface area (Å²) in [5, 5.41) is 9.97. The molecule has 1 saturated heterocycles. The van der Waals surface area contributed by atoms with Crippen molar-refractivity contribution in [2.45, 2.75) is 70.8 Å². The molecule has 1 heterocycles. The van der Waals surface area contributed by atoms with Gasteiger partial charge in [-0.2, -0.15) is 0 Å². The van der Waals surface area contributed by atoms with Gasteiger partial charge in [-0.15, -0.1) is 0 Å². The van der Waals surface area contributed by atoms with Crippen LogP contribution in [0.15, 0.2) is 0 Å².